The quantitative estimate of drug-likeness (QED) is 0.400. The standard InChI is InChI=1S/C18H19BrN2O4/c1-13(14-6-4-7-15(12-14)21(23)24)20-18(22)10-5-11-25-17-9-3-2-8-16(17)19/h2-4,6-9,12-13H,5,10-11H2,1H3,(H,20,22)/t13-/m1/s1. The Kier molecular flexibility index (Phi) is 6.94. The van der Waals surface area contributed by atoms with Crippen molar-refractivity contribution in [3.63, 3.8) is 0 Å². The number of rotatable bonds is 8. The first kappa shape index (κ1) is 18.9. The summed E-state index contributed by atoms with van der Waals surface area (Å²) in [5, 5.41) is 13.7. The van der Waals surface area contributed by atoms with Gasteiger partial charge in [-0.1, -0.05) is 24.3 Å². The van der Waals surface area contributed by atoms with Crippen molar-refractivity contribution in [3.05, 3.63) is 68.7 Å². The van der Waals surface area contributed by atoms with Crippen molar-refractivity contribution in [2.45, 2.75) is 25.8 Å². The molecule has 0 aromatic heterocycles. The largest absolute Gasteiger partial charge is 0.492 e. The summed E-state index contributed by atoms with van der Waals surface area (Å²) in [6.45, 7) is 2.23. The molecule has 1 atom stereocenters. The molecule has 2 aromatic carbocycles. The molecule has 0 aliphatic heterocycles. The van der Waals surface area contributed by atoms with Crippen molar-refractivity contribution in [2.24, 2.45) is 0 Å². The SMILES string of the molecule is C[C@@H](NC(=O)CCCOc1ccccc1Br)c1cccc([N+](=O)[O-])c1. The van der Waals surface area contributed by atoms with Gasteiger partial charge >= 0.3 is 0 Å². The van der Waals surface area contributed by atoms with Crippen LogP contribution in [0.3, 0.4) is 0 Å². The maximum absolute atomic E-state index is 12.0. The molecule has 0 unspecified atom stereocenters. The Morgan fingerprint density at radius 1 is 1.28 bits per heavy atom. The van der Waals surface area contributed by atoms with E-state index in [-0.39, 0.29) is 17.6 Å². The number of nitro benzene ring substituents is 1. The molecule has 0 bridgehead atoms. The van der Waals surface area contributed by atoms with Gasteiger partial charge in [-0.25, -0.2) is 0 Å². The van der Waals surface area contributed by atoms with E-state index >= 15 is 0 Å². The summed E-state index contributed by atoms with van der Waals surface area (Å²) in [5.74, 6) is 0.627. The third-order valence-corrected chi connectivity index (χ3v) is 4.26. The lowest BCUT2D eigenvalue weighted by molar-refractivity contribution is -0.384. The van der Waals surface area contributed by atoms with Crippen LogP contribution in [0.5, 0.6) is 5.75 Å². The van der Waals surface area contributed by atoms with Crippen molar-refractivity contribution in [2.75, 3.05) is 6.61 Å². The van der Waals surface area contributed by atoms with E-state index in [1.807, 2.05) is 24.3 Å². The molecular formula is C18H19BrN2O4. The van der Waals surface area contributed by atoms with Crippen LogP contribution in [0.2, 0.25) is 0 Å². The van der Waals surface area contributed by atoms with Crippen molar-refractivity contribution in [1.29, 1.82) is 0 Å². The summed E-state index contributed by atoms with van der Waals surface area (Å²) in [4.78, 5) is 22.4. The van der Waals surface area contributed by atoms with Crippen LogP contribution in [0.15, 0.2) is 53.0 Å². The fourth-order valence-electron chi connectivity index (χ4n) is 2.28. The molecular weight excluding hydrogens is 388 g/mol. The molecule has 2 rings (SSSR count). The number of halogens is 1. The summed E-state index contributed by atoms with van der Waals surface area (Å²) in [6, 6.07) is 13.5. The fourth-order valence-corrected chi connectivity index (χ4v) is 2.68. The highest BCUT2D eigenvalue weighted by atomic mass is 79.9. The number of carbonyl (C=O) groups excluding carboxylic acids is 1. The van der Waals surface area contributed by atoms with E-state index in [0.29, 0.717) is 25.0 Å². The van der Waals surface area contributed by atoms with Crippen LogP contribution in [0.25, 0.3) is 0 Å². The predicted octanol–water partition coefficient (Wildman–Crippen LogP) is 4.39. The minimum atomic E-state index is -0.447. The Hall–Kier alpha value is -2.41. The molecule has 0 aliphatic rings. The number of nitrogens with one attached hydrogen (secondary N) is 1. The molecule has 0 saturated heterocycles. The van der Waals surface area contributed by atoms with Crippen molar-refractivity contribution >= 4 is 27.5 Å². The minimum absolute atomic E-state index is 0.0143. The van der Waals surface area contributed by atoms with Gasteiger partial charge in [0.05, 0.1) is 22.0 Å². The number of carbonyl (C=O) groups is 1. The van der Waals surface area contributed by atoms with Gasteiger partial charge in [0.25, 0.3) is 5.69 Å². The smallest absolute Gasteiger partial charge is 0.269 e. The topological polar surface area (TPSA) is 81.5 Å². The number of hydrogen-bond donors (Lipinski definition) is 1. The maximum Gasteiger partial charge on any atom is 0.269 e. The number of nitro groups is 1. The minimum Gasteiger partial charge on any atom is -0.492 e. The zero-order valence-corrected chi connectivity index (χ0v) is 15.4. The summed E-state index contributed by atoms with van der Waals surface area (Å²) >= 11 is 3.40. The molecule has 0 radical (unpaired) electrons. The number of non-ortho nitro benzene ring substituents is 1. The Morgan fingerprint density at radius 2 is 2.04 bits per heavy atom. The highest BCUT2D eigenvalue weighted by molar-refractivity contribution is 9.10. The van der Waals surface area contributed by atoms with Crippen molar-refractivity contribution in [1.82, 2.24) is 5.32 Å². The van der Waals surface area contributed by atoms with Gasteiger partial charge in [0, 0.05) is 18.6 Å². The van der Waals surface area contributed by atoms with Gasteiger partial charge in [0.1, 0.15) is 5.75 Å². The number of nitrogens with zero attached hydrogens (tertiary/aromatic N) is 1. The zero-order valence-electron chi connectivity index (χ0n) is 13.8. The van der Waals surface area contributed by atoms with E-state index in [9.17, 15) is 14.9 Å². The Labute approximate surface area is 154 Å². The number of ether oxygens (including phenoxy) is 1. The van der Waals surface area contributed by atoms with Gasteiger partial charge in [0.15, 0.2) is 0 Å². The van der Waals surface area contributed by atoms with Gasteiger partial charge in [-0.3, -0.25) is 14.9 Å². The summed E-state index contributed by atoms with van der Waals surface area (Å²) in [7, 11) is 0. The normalized spacial score (nSPS) is 11.6. The van der Waals surface area contributed by atoms with Gasteiger partial charge in [-0.05, 0) is 47.0 Å². The number of hydrogen-bond acceptors (Lipinski definition) is 4. The lowest BCUT2D eigenvalue weighted by Gasteiger charge is -2.14. The first-order valence-corrected chi connectivity index (χ1v) is 8.67. The van der Waals surface area contributed by atoms with Gasteiger partial charge in [-0.15, -0.1) is 0 Å². The average molecular weight is 407 g/mol. The second-order valence-electron chi connectivity index (χ2n) is 5.52. The molecule has 0 aliphatic carbocycles. The molecule has 0 saturated carbocycles. The van der Waals surface area contributed by atoms with Crippen LogP contribution in [-0.4, -0.2) is 17.4 Å². The molecule has 2 aromatic rings. The summed E-state index contributed by atoms with van der Waals surface area (Å²) in [6.07, 6.45) is 0.901. The predicted molar refractivity (Wildman–Crippen MR) is 98.5 cm³/mol. The first-order valence-electron chi connectivity index (χ1n) is 7.88. The lowest BCUT2D eigenvalue weighted by Crippen LogP contribution is -2.26. The molecule has 7 heteroatoms. The van der Waals surface area contributed by atoms with Crippen LogP contribution >= 0.6 is 15.9 Å². The number of benzene rings is 2. The van der Waals surface area contributed by atoms with E-state index in [4.69, 9.17) is 4.74 Å². The third-order valence-electron chi connectivity index (χ3n) is 3.60. The van der Waals surface area contributed by atoms with Crippen LogP contribution < -0.4 is 10.1 Å². The average Bonchev–Trinajstić information content (AvgIpc) is 2.60. The van der Waals surface area contributed by atoms with Gasteiger partial charge < -0.3 is 10.1 Å². The van der Waals surface area contributed by atoms with E-state index in [0.717, 1.165) is 10.2 Å². The Morgan fingerprint density at radius 3 is 2.76 bits per heavy atom. The second kappa shape index (κ2) is 9.17. The van der Waals surface area contributed by atoms with E-state index in [2.05, 4.69) is 21.2 Å². The molecule has 25 heavy (non-hydrogen) atoms. The Bertz CT molecular complexity index is 751. The highest BCUT2D eigenvalue weighted by Gasteiger charge is 2.13. The van der Waals surface area contributed by atoms with Crippen molar-refractivity contribution in [3.8, 4) is 5.75 Å². The van der Waals surface area contributed by atoms with Gasteiger partial charge in [-0.2, -0.15) is 0 Å². The Balaban J connectivity index is 1.77. The molecule has 0 fully saturated rings. The highest BCUT2D eigenvalue weighted by Crippen LogP contribution is 2.24. The van der Waals surface area contributed by atoms with Crippen LogP contribution in [-0.2, 0) is 4.79 Å². The lowest BCUT2D eigenvalue weighted by atomic mass is 10.1. The summed E-state index contributed by atoms with van der Waals surface area (Å²) in [5.41, 5.74) is 0.715. The maximum atomic E-state index is 12.0. The van der Waals surface area contributed by atoms with E-state index in [1.165, 1.54) is 12.1 Å². The first-order chi connectivity index (χ1) is 12.0. The van der Waals surface area contributed by atoms with Crippen LogP contribution in [0.1, 0.15) is 31.4 Å². The molecule has 1 N–H and O–H groups in total. The second-order valence-corrected chi connectivity index (χ2v) is 6.38. The molecule has 0 heterocycles. The fraction of sp³-hybridized carbons (Fsp3) is 0.278. The zero-order chi connectivity index (χ0) is 18.2. The number of para-hydroxylation sites is 1. The van der Waals surface area contributed by atoms with E-state index in [1.54, 1.807) is 19.1 Å². The molecule has 1 amide bonds. The molecule has 6 nitrogen and oxygen atoms in total. The molecule has 0 spiro atoms. The van der Waals surface area contributed by atoms with Crippen LogP contribution in [0, 0.1) is 10.1 Å². The van der Waals surface area contributed by atoms with E-state index < -0.39 is 4.92 Å². The van der Waals surface area contributed by atoms with Crippen LogP contribution in [0.4, 0.5) is 5.69 Å². The summed E-state index contributed by atoms with van der Waals surface area (Å²) < 4.78 is 6.49. The molecule has 132 valence electrons. The van der Waals surface area contributed by atoms with Crippen molar-refractivity contribution < 1.29 is 14.5 Å². The van der Waals surface area contributed by atoms with Gasteiger partial charge in [0.2, 0.25) is 5.91 Å². The monoisotopic (exact) mass is 406 g/mol. The number of amides is 1. The third kappa shape index (κ3) is 5.86.